The fraction of sp³-hybridized carbons (Fsp3) is 0.647. The van der Waals surface area contributed by atoms with Crippen molar-refractivity contribution in [3.05, 3.63) is 30.3 Å². The van der Waals surface area contributed by atoms with E-state index < -0.39 is 0 Å². The second kappa shape index (κ2) is 5.54. The third-order valence-corrected chi connectivity index (χ3v) is 5.03. The van der Waals surface area contributed by atoms with Crippen LogP contribution in [0.2, 0.25) is 0 Å². The van der Waals surface area contributed by atoms with Crippen molar-refractivity contribution in [2.24, 2.45) is 0 Å². The van der Waals surface area contributed by atoms with Crippen LogP contribution in [-0.4, -0.2) is 36.6 Å². The van der Waals surface area contributed by atoms with Crippen LogP contribution in [0.4, 0.5) is 5.69 Å². The molecule has 1 saturated carbocycles. The molecule has 103 valence electrons. The van der Waals surface area contributed by atoms with E-state index in [1.165, 1.54) is 50.9 Å². The standard InChI is InChI=1S/C17H25N2/c1-17(10-6-3-7-11-17)19-14-12-18(13-15-19)16-8-4-2-5-9-16/h2,4,8-9H,3,6-7,10-15H2,1H3. The van der Waals surface area contributed by atoms with Crippen LogP contribution < -0.4 is 4.90 Å². The first-order chi connectivity index (χ1) is 9.28. The lowest BCUT2D eigenvalue weighted by atomic mass is 9.81. The lowest BCUT2D eigenvalue weighted by Crippen LogP contribution is -2.56. The van der Waals surface area contributed by atoms with Crippen LogP contribution in [0.5, 0.6) is 0 Å². The molecule has 0 atom stereocenters. The maximum absolute atomic E-state index is 3.19. The molecule has 0 bridgehead atoms. The predicted octanol–water partition coefficient (Wildman–Crippen LogP) is 3.33. The molecule has 0 amide bonds. The number of piperazine rings is 1. The van der Waals surface area contributed by atoms with E-state index in [1.807, 2.05) is 6.07 Å². The predicted molar refractivity (Wildman–Crippen MR) is 80.6 cm³/mol. The highest BCUT2D eigenvalue weighted by atomic mass is 15.3. The molecule has 2 nitrogen and oxygen atoms in total. The molecule has 1 aliphatic heterocycles. The summed E-state index contributed by atoms with van der Waals surface area (Å²) in [6, 6.07) is 11.6. The fourth-order valence-corrected chi connectivity index (χ4v) is 3.71. The Labute approximate surface area is 117 Å². The molecule has 1 saturated heterocycles. The zero-order valence-electron chi connectivity index (χ0n) is 12.1. The summed E-state index contributed by atoms with van der Waals surface area (Å²) in [6.07, 6.45) is 7.07. The van der Waals surface area contributed by atoms with Gasteiger partial charge in [0, 0.05) is 37.4 Å². The summed E-state index contributed by atoms with van der Waals surface area (Å²) in [4.78, 5) is 5.24. The van der Waals surface area contributed by atoms with Gasteiger partial charge in [-0.2, -0.15) is 0 Å². The Morgan fingerprint density at radius 1 is 1.05 bits per heavy atom. The minimum absolute atomic E-state index is 0.479. The number of rotatable bonds is 2. The first kappa shape index (κ1) is 13.0. The number of hydrogen-bond acceptors (Lipinski definition) is 2. The second-order valence-electron chi connectivity index (χ2n) is 6.29. The van der Waals surface area contributed by atoms with Gasteiger partial charge in [0.25, 0.3) is 0 Å². The maximum atomic E-state index is 3.19. The van der Waals surface area contributed by atoms with E-state index >= 15 is 0 Å². The van der Waals surface area contributed by atoms with Gasteiger partial charge < -0.3 is 4.90 Å². The van der Waals surface area contributed by atoms with E-state index in [-0.39, 0.29) is 0 Å². The van der Waals surface area contributed by atoms with Gasteiger partial charge in [0.2, 0.25) is 0 Å². The highest BCUT2D eigenvalue weighted by molar-refractivity contribution is 5.46. The highest BCUT2D eigenvalue weighted by Crippen LogP contribution is 2.34. The minimum atomic E-state index is 0.479. The van der Waals surface area contributed by atoms with Crippen LogP contribution >= 0.6 is 0 Å². The molecule has 0 unspecified atom stereocenters. The van der Waals surface area contributed by atoms with Crippen LogP contribution in [0.1, 0.15) is 39.0 Å². The number of anilines is 1. The molecule has 2 aliphatic rings. The van der Waals surface area contributed by atoms with Gasteiger partial charge in [-0.25, -0.2) is 0 Å². The molecule has 1 aromatic rings. The number of hydrogen-bond donors (Lipinski definition) is 0. The molecule has 1 aromatic carbocycles. The van der Waals surface area contributed by atoms with Crippen molar-refractivity contribution in [1.29, 1.82) is 0 Å². The first-order valence-electron chi connectivity index (χ1n) is 7.74. The van der Waals surface area contributed by atoms with Crippen LogP contribution in [0.3, 0.4) is 0 Å². The van der Waals surface area contributed by atoms with Gasteiger partial charge in [-0.15, -0.1) is 0 Å². The van der Waals surface area contributed by atoms with Crippen molar-refractivity contribution >= 4 is 5.69 Å². The Hall–Kier alpha value is -1.02. The third kappa shape index (κ3) is 2.79. The van der Waals surface area contributed by atoms with E-state index in [1.54, 1.807) is 0 Å². The molecule has 1 heterocycles. The summed E-state index contributed by atoms with van der Waals surface area (Å²) in [5.41, 5.74) is 1.81. The Morgan fingerprint density at radius 2 is 1.79 bits per heavy atom. The van der Waals surface area contributed by atoms with Gasteiger partial charge in [0.05, 0.1) is 0 Å². The van der Waals surface area contributed by atoms with Gasteiger partial charge in [0.15, 0.2) is 0 Å². The largest absolute Gasteiger partial charge is 0.369 e. The van der Waals surface area contributed by atoms with Crippen LogP contribution in [0.15, 0.2) is 24.3 Å². The summed E-state index contributed by atoms with van der Waals surface area (Å²) in [5, 5.41) is 0. The van der Waals surface area contributed by atoms with Gasteiger partial charge >= 0.3 is 0 Å². The first-order valence-corrected chi connectivity index (χ1v) is 7.74. The molecule has 2 heteroatoms. The zero-order valence-corrected chi connectivity index (χ0v) is 12.1. The summed E-state index contributed by atoms with van der Waals surface area (Å²) < 4.78 is 0. The highest BCUT2D eigenvalue weighted by Gasteiger charge is 2.34. The number of benzene rings is 1. The Morgan fingerprint density at radius 3 is 2.42 bits per heavy atom. The molecule has 0 spiro atoms. The van der Waals surface area contributed by atoms with Crippen molar-refractivity contribution < 1.29 is 0 Å². The third-order valence-electron chi connectivity index (χ3n) is 5.03. The molecular formula is C17H25N2. The van der Waals surface area contributed by atoms with E-state index in [0.717, 1.165) is 13.1 Å². The molecule has 3 rings (SSSR count). The zero-order chi connectivity index (χ0) is 13.1. The molecule has 1 radical (unpaired) electrons. The van der Waals surface area contributed by atoms with Crippen LogP contribution in [0, 0.1) is 6.07 Å². The van der Waals surface area contributed by atoms with Crippen LogP contribution in [0.25, 0.3) is 0 Å². The smallest absolute Gasteiger partial charge is 0.0373 e. The molecule has 1 aliphatic carbocycles. The average molecular weight is 257 g/mol. The minimum Gasteiger partial charge on any atom is -0.369 e. The van der Waals surface area contributed by atoms with Gasteiger partial charge in [-0.05, 0) is 38.0 Å². The molecule has 0 N–H and O–H groups in total. The van der Waals surface area contributed by atoms with Gasteiger partial charge in [-0.3, -0.25) is 4.90 Å². The fourth-order valence-electron chi connectivity index (χ4n) is 3.71. The van der Waals surface area contributed by atoms with Gasteiger partial charge in [-0.1, -0.05) is 31.4 Å². The van der Waals surface area contributed by atoms with Crippen molar-refractivity contribution in [2.75, 3.05) is 31.1 Å². The van der Waals surface area contributed by atoms with E-state index in [4.69, 9.17) is 0 Å². The van der Waals surface area contributed by atoms with Crippen molar-refractivity contribution in [2.45, 2.75) is 44.6 Å². The summed E-state index contributed by atoms with van der Waals surface area (Å²) in [5.74, 6) is 0. The number of nitrogens with zero attached hydrogens (tertiary/aromatic N) is 2. The monoisotopic (exact) mass is 257 g/mol. The Balaban J connectivity index is 1.60. The topological polar surface area (TPSA) is 6.48 Å². The van der Waals surface area contributed by atoms with Crippen LogP contribution in [-0.2, 0) is 0 Å². The van der Waals surface area contributed by atoms with Gasteiger partial charge in [0.1, 0.15) is 0 Å². The van der Waals surface area contributed by atoms with Crippen molar-refractivity contribution in [3.8, 4) is 0 Å². The lowest BCUT2D eigenvalue weighted by Gasteiger charge is -2.48. The maximum Gasteiger partial charge on any atom is 0.0373 e. The van der Waals surface area contributed by atoms with Crippen molar-refractivity contribution in [3.63, 3.8) is 0 Å². The quantitative estimate of drug-likeness (QED) is 0.802. The Kier molecular flexibility index (Phi) is 3.79. The van der Waals surface area contributed by atoms with Crippen molar-refractivity contribution in [1.82, 2.24) is 4.90 Å². The van der Waals surface area contributed by atoms with E-state index in [9.17, 15) is 0 Å². The van der Waals surface area contributed by atoms with E-state index in [2.05, 4.69) is 41.0 Å². The Bertz CT molecular complexity index is 387. The lowest BCUT2D eigenvalue weighted by molar-refractivity contribution is 0.0606. The average Bonchev–Trinajstić information content (AvgIpc) is 2.49. The summed E-state index contributed by atoms with van der Waals surface area (Å²) in [6.45, 7) is 7.23. The SMILES string of the molecule is CC1(N2CCN(c3c[c]ccc3)CC2)CCCCC1. The van der Waals surface area contributed by atoms with E-state index in [0.29, 0.717) is 5.54 Å². The molecule has 0 aromatic heterocycles. The molecular weight excluding hydrogens is 232 g/mol. The normalized spacial score (nSPS) is 24.4. The summed E-state index contributed by atoms with van der Waals surface area (Å²) >= 11 is 0. The summed E-state index contributed by atoms with van der Waals surface area (Å²) in [7, 11) is 0. The second-order valence-corrected chi connectivity index (χ2v) is 6.29. The molecule has 19 heavy (non-hydrogen) atoms. The molecule has 2 fully saturated rings.